The Hall–Kier alpha value is -2.63. The second-order valence-electron chi connectivity index (χ2n) is 4.29. The van der Waals surface area contributed by atoms with Crippen LogP contribution in [-0.2, 0) is 11.2 Å². The fourth-order valence-corrected chi connectivity index (χ4v) is 1.86. The quantitative estimate of drug-likeness (QED) is 0.618. The standard InChI is InChI=1S/C14H13NO5/c1-9(16)7-11-4-6-13(20-11)12-5-3-10(15(17)18)8-14(12)19-2/h3-6,8H,7H2,1-2H3. The van der Waals surface area contributed by atoms with E-state index in [0.717, 1.165) is 0 Å². The van der Waals surface area contributed by atoms with Crippen molar-refractivity contribution in [2.24, 2.45) is 0 Å². The zero-order valence-corrected chi connectivity index (χ0v) is 11.1. The molecule has 1 aromatic heterocycles. The van der Waals surface area contributed by atoms with Crippen LogP contribution in [0, 0.1) is 10.1 Å². The molecule has 0 amide bonds. The van der Waals surface area contributed by atoms with E-state index in [-0.39, 0.29) is 17.9 Å². The lowest BCUT2D eigenvalue weighted by molar-refractivity contribution is -0.384. The van der Waals surface area contributed by atoms with Crippen LogP contribution in [0.25, 0.3) is 11.3 Å². The van der Waals surface area contributed by atoms with Crippen LogP contribution in [0.1, 0.15) is 12.7 Å². The number of methoxy groups -OCH3 is 1. The lowest BCUT2D eigenvalue weighted by atomic mass is 10.1. The molecule has 0 aliphatic heterocycles. The number of benzene rings is 1. The van der Waals surface area contributed by atoms with Gasteiger partial charge in [0.1, 0.15) is 23.1 Å². The van der Waals surface area contributed by atoms with Crippen LogP contribution in [0.2, 0.25) is 0 Å². The molecule has 0 spiro atoms. The number of hydrogen-bond donors (Lipinski definition) is 0. The van der Waals surface area contributed by atoms with Crippen LogP contribution < -0.4 is 4.74 Å². The van der Waals surface area contributed by atoms with Gasteiger partial charge in [-0.1, -0.05) is 0 Å². The van der Waals surface area contributed by atoms with Gasteiger partial charge in [0, 0.05) is 6.07 Å². The van der Waals surface area contributed by atoms with Crippen molar-refractivity contribution in [3.05, 3.63) is 46.2 Å². The zero-order valence-electron chi connectivity index (χ0n) is 11.1. The van der Waals surface area contributed by atoms with Crippen molar-refractivity contribution in [2.75, 3.05) is 7.11 Å². The molecule has 0 unspecified atom stereocenters. The highest BCUT2D eigenvalue weighted by molar-refractivity contribution is 5.78. The van der Waals surface area contributed by atoms with Gasteiger partial charge in [-0.15, -0.1) is 0 Å². The summed E-state index contributed by atoms with van der Waals surface area (Å²) in [5, 5.41) is 10.7. The molecule has 0 atom stereocenters. The highest BCUT2D eigenvalue weighted by Crippen LogP contribution is 2.34. The largest absolute Gasteiger partial charge is 0.496 e. The minimum absolute atomic E-state index is 0.00145. The Morgan fingerprint density at radius 2 is 2.10 bits per heavy atom. The summed E-state index contributed by atoms with van der Waals surface area (Å²) in [5.74, 6) is 1.41. The van der Waals surface area contributed by atoms with E-state index >= 15 is 0 Å². The van der Waals surface area contributed by atoms with Gasteiger partial charge in [0.05, 0.1) is 30.1 Å². The van der Waals surface area contributed by atoms with Gasteiger partial charge < -0.3 is 9.15 Å². The third-order valence-electron chi connectivity index (χ3n) is 2.75. The number of Topliss-reactive ketones (excluding diaryl/α,β-unsaturated/α-hetero) is 1. The molecule has 2 aromatic rings. The Kier molecular flexibility index (Phi) is 3.84. The van der Waals surface area contributed by atoms with Crippen LogP contribution in [0.15, 0.2) is 34.7 Å². The molecule has 104 valence electrons. The van der Waals surface area contributed by atoms with Crippen molar-refractivity contribution in [2.45, 2.75) is 13.3 Å². The third kappa shape index (κ3) is 2.85. The van der Waals surface area contributed by atoms with Gasteiger partial charge in [0.2, 0.25) is 0 Å². The molecule has 6 nitrogen and oxygen atoms in total. The topological polar surface area (TPSA) is 82.6 Å². The SMILES string of the molecule is COc1cc([N+](=O)[O-])ccc1-c1ccc(CC(C)=O)o1. The second-order valence-corrected chi connectivity index (χ2v) is 4.29. The first-order chi connectivity index (χ1) is 9.51. The molecular formula is C14H13NO5. The van der Waals surface area contributed by atoms with E-state index in [1.807, 2.05) is 0 Å². The van der Waals surface area contributed by atoms with Crippen molar-refractivity contribution >= 4 is 11.5 Å². The molecule has 20 heavy (non-hydrogen) atoms. The van der Waals surface area contributed by atoms with Crippen LogP contribution in [0.5, 0.6) is 5.75 Å². The van der Waals surface area contributed by atoms with E-state index in [2.05, 4.69) is 0 Å². The van der Waals surface area contributed by atoms with Crippen molar-refractivity contribution < 1.29 is 18.9 Å². The van der Waals surface area contributed by atoms with Crippen LogP contribution in [0.3, 0.4) is 0 Å². The molecule has 1 heterocycles. The molecule has 0 N–H and O–H groups in total. The number of furan rings is 1. The molecule has 0 saturated carbocycles. The number of carbonyl (C=O) groups is 1. The van der Waals surface area contributed by atoms with E-state index in [0.29, 0.717) is 22.8 Å². The number of non-ortho nitro benzene ring substituents is 1. The van der Waals surface area contributed by atoms with Crippen molar-refractivity contribution in [3.8, 4) is 17.1 Å². The van der Waals surface area contributed by atoms with Gasteiger partial charge in [0.25, 0.3) is 5.69 Å². The number of ether oxygens (including phenoxy) is 1. The molecule has 0 aliphatic rings. The van der Waals surface area contributed by atoms with E-state index < -0.39 is 4.92 Å². The van der Waals surface area contributed by atoms with Crippen molar-refractivity contribution in [1.82, 2.24) is 0 Å². The van der Waals surface area contributed by atoms with Gasteiger partial charge in [-0.2, -0.15) is 0 Å². The molecule has 0 fully saturated rings. The average Bonchev–Trinajstić information content (AvgIpc) is 2.85. The molecule has 0 radical (unpaired) electrons. The van der Waals surface area contributed by atoms with E-state index in [1.54, 1.807) is 18.2 Å². The predicted molar refractivity (Wildman–Crippen MR) is 71.7 cm³/mol. The lowest BCUT2D eigenvalue weighted by Gasteiger charge is -2.05. The number of hydrogen-bond acceptors (Lipinski definition) is 5. The molecular weight excluding hydrogens is 262 g/mol. The summed E-state index contributed by atoms with van der Waals surface area (Å²) >= 11 is 0. The number of ketones is 1. The van der Waals surface area contributed by atoms with Crippen molar-refractivity contribution in [3.63, 3.8) is 0 Å². The summed E-state index contributed by atoms with van der Waals surface area (Å²) in [6.45, 7) is 1.48. The Balaban J connectivity index is 2.39. The first-order valence-electron chi connectivity index (χ1n) is 5.92. The van der Waals surface area contributed by atoms with E-state index in [9.17, 15) is 14.9 Å². The molecule has 0 aliphatic carbocycles. The van der Waals surface area contributed by atoms with Gasteiger partial charge in [0.15, 0.2) is 0 Å². The summed E-state index contributed by atoms with van der Waals surface area (Å²) in [5.41, 5.74) is 0.550. The minimum atomic E-state index is -0.490. The monoisotopic (exact) mass is 275 g/mol. The Bertz CT molecular complexity index is 659. The Morgan fingerprint density at radius 1 is 1.35 bits per heavy atom. The highest BCUT2D eigenvalue weighted by Gasteiger charge is 2.15. The van der Waals surface area contributed by atoms with Gasteiger partial charge in [-0.05, 0) is 25.1 Å². The first-order valence-corrected chi connectivity index (χ1v) is 5.92. The Morgan fingerprint density at radius 3 is 2.70 bits per heavy atom. The van der Waals surface area contributed by atoms with Crippen LogP contribution in [-0.4, -0.2) is 17.8 Å². The maximum absolute atomic E-state index is 11.0. The summed E-state index contributed by atoms with van der Waals surface area (Å²) in [6.07, 6.45) is 0.218. The van der Waals surface area contributed by atoms with Crippen LogP contribution >= 0.6 is 0 Å². The van der Waals surface area contributed by atoms with Crippen LogP contribution in [0.4, 0.5) is 5.69 Å². The summed E-state index contributed by atoms with van der Waals surface area (Å²) in [6, 6.07) is 7.69. The molecule has 1 aromatic carbocycles. The van der Waals surface area contributed by atoms with E-state index in [4.69, 9.17) is 9.15 Å². The average molecular weight is 275 g/mol. The molecule has 0 saturated heterocycles. The number of rotatable bonds is 5. The first kappa shape index (κ1) is 13.8. The lowest BCUT2D eigenvalue weighted by Crippen LogP contribution is -1.94. The molecule has 0 bridgehead atoms. The summed E-state index contributed by atoms with van der Waals surface area (Å²) in [7, 11) is 1.43. The number of nitro benzene ring substituents is 1. The number of carbonyl (C=O) groups excluding carboxylic acids is 1. The maximum atomic E-state index is 11.0. The third-order valence-corrected chi connectivity index (χ3v) is 2.75. The zero-order chi connectivity index (χ0) is 14.7. The highest BCUT2D eigenvalue weighted by atomic mass is 16.6. The van der Waals surface area contributed by atoms with E-state index in [1.165, 1.54) is 26.2 Å². The van der Waals surface area contributed by atoms with Gasteiger partial charge in [-0.25, -0.2) is 0 Å². The molecule has 2 rings (SSSR count). The second kappa shape index (κ2) is 5.56. The fourth-order valence-electron chi connectivity index (χ4n) is 1.86. The Labute approximate surface area is 115 Å². The maximum Gasteiger partial charge on any atom is 0.273 e. The van der Waals surface area contributed by atoms with Gasteiger partial charge in [-0.3, -0.25) is 14.9 Å². The smallest absolute Gasteiger partial charge is 0.273 e. The summed E-state index contributed by atoms with van der Waals surface area (Å²) in [4.78, 5) is 21.3. The summed E-state index contributed by atoms with van der Waals surface area (Å²) < 4.78 is 10.7. The minimum Gasteiger partial charge on any atom is -0.496 e. The normalized spacial score (nSPS) is 10.3. The predicted octanol–water partition coefficient (Wildman–Crippen LogP) is 2.99. The van der Waals surface area contributed by atoms with Gasteiger partial charge >= 0.3 is 0 Å². The van der Waals surface area contributed by atoms with Crippen molar-refractivity contribution in [1.29, 1.82) is 0 Å². The molecule has 6 heteroatoms. The number of nitro groups is 1. The fraction of sp³-hybridized carbons (Fsp3) is 0.214. The number of nitrogens with zero attached hydrogens (tertiary/aromatic N) is 1.